The van der Waals surface area contributed by atoms with Crippen molar-refractivity contribution < 1.29 is 13.2 Å². The SMILES string of the molecule is CCN(CC)S(=O)(=O)c1cc(NC(=O)c2ccnc(N(C)C)c2)ccc1Cl. The van der Waals surface area contributed by atoms with Crippen molar-refractivity contribution in [1.82, 2.24) is 9.29 Å². The molecule has 27 heavy (non-hydrogen) atoms. The molecule has 0 atom stereocenters. The van der Waals surface area contributed by atoms with Gasteiger partial charge in [-0.25, -0.2) is 13.4 Å². The van der Waals surface area contributed by atoms with E-state index in [0.717, 1.165) is 0 Å². The molecule has 2 rings (SSSR count). The second kappa shape index (κ2) is 8.69. The van der Waals surface area contributed by atoms with E-state index in [2.05, 4.69) is 10.3 Å². The smallest absolute Gasteiger partial charge is 0.255 e. The maximum absolute atomic E-state index is 12.8. The summed E-state index contributed by atoms with van der Waals surface area (Å²) in [4.78, 5) is 18.5. The highest BCUT2D eigenvalue weighted by atomic mass is 35.5. The molecule has 2 aromatic rings. The Morgan fingerprint density at radius 2 is 1.81 bits per heavy atom. The van der Waals surface area contributed by atoms with Crippen LogP contribution in [0.25, 0.3) is 0 Å². The molecule has 9 heteroatoms. The summed E-state index contributed by atoms with van der Waals surface area (Å²) in [6.07, 6.45) is 1.54. The fourth-order valence-corrected chi connectivity index (χ4v) is 4.45. The van der Waals surface area contributed by atoms with Crippen molar-refractivity contribution in [2.24, 2.45) is 0 Å². The Bertz CT molecular complexity index is 928. The van der Waals surface area contributed by atoms with E-state index in [1.807, 2.05) is 14.1 Å². The van der Waals surface area contributed by atoms with Gasteiger partial charge >= 0.3 is 0 Å². The Morgan fingerprint density at radius 1 is 1.15 bits per heavy atom. The molecular formula is C18H23ClN4O3S. The Labute approximate surface area is 165 Å². The summed E-state index contributed by atoms with van der Waals surface area (Å²) >= 11 is 6.12. The molecule has 0 aliphatic heterocycles. The monoisotopic (exact) mass is 410 g/mol. The first kappa shape index (κ1) is 21.1. The lowest BCUT2D eigenvalue weighted by molar-refractivity contribution is 0.102. The Balaban J connectivity index is 2.33. The van der Waals surface area contributed by atoms with Crippen LogP contribution in [0.5, 0.6) is 0 Å². The number of aromatic nitrogens is 1. The van der Waals surface area contributed by atoms with E-state index in [1.54, 1.807) is 43.1 Å². The minimum absolute atomic E-state index is 0.0330. The van der Waals surface area contributed by atoms with Gasteiger partial charge in [-0.3, -0.25) is 4.79 Å². The second-order valence-corrected chi connectivity index (χ2v) is 8.30. The molecule has 0 unspecified atom stereocenters. The number of hydrogen-bond donors (Lipinski definition) is 1. The number of benzene rings is 1. The van der Waals surface area contributed by atoms with Crippen molar-refractivity contribution in [3.05, 3.63) is 47.1 Å². The number of hydrogen-bond acceptors (Lipinski definition) is 5. The predicted molar refractivity (Wildman–Crippen MR) is 108 cm³/mol. The molecule has 1 aromatic carbocycles. The minimum Gasteiger partial charge on any atom is -0.363 e. The van der Waals surface area contributed by atoms with Crippen LogP contribution in [0.1, 0.15) is 24.2 Å². The van der Waals surface area contributed by atoms with Crippen LogP contribution in [0.3, 0.4) is 0 Å². The summed E-state index contributed by atoms with van der Waals surface area (Å²) in [5, 5.41) is 2.82. The van der Waals surface area contributed by atoms with Gasteiger partial charge in [0.15, 0.2) is 0 Å². The maximum atomic E-state index is 12.8. The lowest BCUT2D eigenvalue weighted by Gasteiger charge is -2.19. The summed E-state index contributed by atoms with van der Waals surface area (Å²) in [5.74, 6) is 0.276. The molecule has 0 saturated heterocycles. The van der Waals surface area contributed by atoms with Crippen LogP contribution < -0.4 is 10.2 Å². The summed E-state index contributed by atoms with van der Waals surface area (Å²) in [7, 11) is -0.0854. The van der Waals surface area contributed by atoms with Gasteiger partial charge in [0.05, 0.1) is 5.02 Å². The predicted octanol–water partition coefficient (Wildman–Crippen LogP) is 3.08. The van der Waals surface area contributed by atoms with Crippen LogP contribution in [0.4, 0.5) is 11.5 Å². The zero-order valence-corrected chi connectivity index (χ0v) is 17.3. The summed E-state index contributed by atoms with van der Waals surface area (Å²) < 4.78 is 26.8. The van der Waals surface area contributed by atoms with Crippen molar-refractivity contribution in [1.29, 1.82) is 0 Å². The van der Waals surface area contributed by atoms with Crippen LogP contribution in [0, 0.1) is 0 Å². The lowest BCUT2D eigenvalue weighted by atomic mass is 10.2. The fraction of sp³-hybridized carbons (Fsp3) is 0.333. The first-order valence-electron chi connectivity index (χ1n) is 8.45. The largest absolute Gasteiger partial charge is 0.363 e. The van der Waals surface area contributed by atoms with Crippen LogP contribution >= 0.6 is 11.6 Å². The number of carbonyl (C=O) groups excluding carboxylic acids is 1. The number of sulfonamides is 1. The van der Waals surface area contributed by atoms with Crippen LogP contribution in [0.15, 0.2) is 41.4 Å². The quantitative estimate of drug-likeness (QED) is 0.758. The van der Waals surface area contributed by atoms with E-state index in [-0.39, 0.29) is 15.8 Å². The molecule has 1 amide bonds. The Morgan fingerprint density at radius 3 is 2.41 bits per heavy atom. The highest BCUT2D eigenvalue weighted by Gasteiger charge is 2.25. The number of nitrogens with zero attached hydrogens (tertiary/aromatic N) is 3. The van der Waals surface area contributed by atoms with Gasteiger partial charge in [0, 0.05) is 44.6 Å². The van der Waals surface area contributed by atoms with E-state index in [1.165, 1.54) is 16.4 Å². The average molecular weight is 411 g/mol. The lowest BCUT2D eigenvalue weighted by Crippen LogP contribution is -2.30. The number of nitrogens with one attached hydrogen (secondary N) is 1. The van der Waals surface area contributed by atoms with Crippen molar-refractivity contribution in [2.75, 3.05) is 37.4 Å². The van der Waals surface area contributed by atoms with Crippen molar-refractivity contribution in [2.45, 2.75) is 18.7 Å². The molecule has 0 aliphatic carbocycles. The van der Waals surface area contributed by atoms with Gasteiger partial charge in [-0.15, -0.1) is 0 Å². The normalized spacial score (nSPS) is 11.5. The third-order valence-electron chi connectivity index (χ3n) is 3.98. The summed E-state index contributed by atoms with van der Waals surface area (Å²) in [6.45, 7) is 4.17. The molecule has 7 nitrogen and oxygen atoms in total. The van der Waals surface area contributed by atoms with Gasteiger partial charge in [-0.1, -0.05) is 25.4 Å². The average Bonchev–Trinajstić information content (AvgIpc) is 2.64. The molecular weight excluding hydrogens is 388 g/mol. The number of amides is 1. The highest BCUT2D eigenvalue weighted by molar-refractivity contribution is 7.89. The standard InChI is InChI=1S/C18H23ClN4O3S/c1-5-23(6-2)27(25,26)16-12-14(7-8-15(16)19)21-18(24)13-9-10-20-17(11-13)22(3)4/h7-12H,5-6H2,1-4H3,(H,21,24). The molecule has 0 spiro atoms. The second-order valence-electron chi connectivity index (χ2n) is 5.99. The third kappa shape index (κ3) is 4.77. The van der Waals surface area contributed by atoms with Gasteiger partial charge < -0.3 is 10.2 Å². The number of carbonyl (C=O) groups is 1. The van der Waals surface area contributed by atoms with Gasteiger partial charge in [-0.05, 0) is 30.3 Å². The van der Waals surface area contributed by atoms with Crippen molar-refractivity contribution >= 4 is 39.0 Å². The molecule has 0 bridgehead atoms. The molecule has 1 heterocycles. The number of anilines is 2. The first-order valence-corrected chi connectivity index (χ1v) is 10.3. The zero-order valence-electron chi connectivity index (χ0n) is 15.7. The van der Waals surface area contributed by atoms with E-state index in [9.17, 15) is 13.2 Å². The van der Waals surface area contributed by atoms with Gasteiger partial charge in [0.2, 0.25) is 10.0 Å². The molecule has 1 N–H and O–H groups in total. The first-order chi connectivity index (χ1) is 12.7. The summed E-state index contributed by atoms with van der Waals surface area (Å²) in [6, 6.07) is 7.65. The molecule has 146 valence electrons. The van der Waals surface area contributed by atoms with Crippen LogP contribution in [-0.2, 0) is 10.0 Å². The summed E-state index contributed by atoms with van der Waals surface area (Å²) in [5.41, 5.74) is 0.759. The number of halogens is 1. The Kier molecular flexibility index (Phi) is 6.80. The van der Waals surface area contributed by atoms with E-state index in [0.29, 0.717) is 30.2 Å². The van der Waals surface area contributed by atoms with Crippen molar-refractivity contribution in [3.63, 3.8) is 0 Å². The molecule has 0 aliphatic rings. The molecule has 0 saturated carbocycles. The number of pyridine rings is 1. The van der Waals surface area contributed by atoms with Gasteiger partial charge in [0.25, 0.3) is 5.91 Å². The zero-order chi connectivity index (χ0) is 20.2. The van der Waals surface area contributed by atoms with E-state index < -0.39 is 10.0 Å². The molecule has 0 radical (unpaired) electrons. The fourth-order valence-electron chi connectivity index (χ4n) is 2.49. The Hall–Kier alpha value is -2.16. The van der Waals surface area contributed by atoms with Gasteiger partial charge in [-0.2, -0.15) is 4.31 Å². The third-order valence-corrected chi connectivity index (χ3v) is 6.51. The minimum atomic E-state index is -3.74. The molecule has 1 aromatic heterocycles. The van der Waals surface area contributed by atoms with Crippen molar-refractivity contribution in [3.8, 4) is 0 Å². The molecule has 0 fully saturated rings. The van der Waals surface area contributed by atoms with Gasteiger partial charge in [0.1, 0.15) is 10.7 Å². The number of rotatable bonds is 7. The van der Waals surface area contributed by atoms with Crippen LogP contribution in [-0.4, -0.2) is 50.8 Å². The van der Waals surface area contributed by atoms with E-state index >= 15 is 0 Å². The topological polar surface area (TPSA) is 82.6 Å². The maximum Gasteiger partial charge on any atom is 0.255 e. The highest BCUT2D eigenvalue weighted by Crippen LogP contribution is 2.28. The van der Waals surface area contributed by atoms with Crippen LogP contribution in [0.2, 0.25) is 5.02 Å². The van der Waals surface area contributed by atoms with E-state index in [4.69, 9.17) is 11.6 Å².